The maximum atomic E-state index is 11.9. The van der Waals surface area contributed by atoms with E-state index in [4.69, 9.17) is 0 Å². The first kappa shape index (κ1) is 10.5. The Morgan fingerprint density at radius 3 is 2.93 bits per heavy atom. The number of nitrogens with zero attached hydrogens (tertiary/aromatic N) is 2. The van der Waals surface area contributed by atoms with Crippen LogP contribution in [0.3, 0.4) is 0 Å². The molecule has 15 heavy (non-hydrogen) atoms. The van der Waals surface area contributed by atoms with E-state index >= 15 is 0 Å². The first-order chi connectivity index (χ1) is 7.18. The summed E-state index contributed by atoms with van der Waals surface area (Å²) in [6.45, 7) is 1.68. The summed E-state index contributed by atoms with van der Waals surface area (Å²) in [6, 6.07) is 0. The Morgan fingerprint density at radius 1 is 1.47 bits per heavy atom. The monoisotopic (exact) mass is 227 g/mol. The van der Waals surface area contributed by atoms with Gasteiger partial charge in [-0.15, -0.1) is 0 Å². The van der Waals surface area contributed by atoms with E-state index in [1.54, 1.807) is 0 Å². The Labute approximate surface area is 88.9 Å². The Bertz CT molecular complexity index is 412. The Morgan fingerprint density at radius 2 is 2.33 bits per heavy atom. The van der Waals surface area contributed by atoms with Gasteiger partial charge in [-0.2, -0.15) is 0 Å². The largest absolute Gasteiger partial charge is 0.316 e. The molecule has 1 aliphatic heterocycles. The smallest absolute Gasteiger partial charge is 0.197 e. The third-order valence-corrected chi connectivity index (χ3v) is 4.23. The molecule has 1 aromatic rings. The zero-order valence-electron chi connectivity index (χ0n) is 8.26. The molecular formula is C9H13N3O2S. The highest BCUT2D eigenvalue weighted by Gasteiger charge is 2.24. The lowest BCUT2D eigenvalue weighted by molar-refractivity contribution is 0.566. The average molecular weight is 227 g/mol. The van der Waals surface area contributed by atoms with Crippen LogP contribution in [0, 0.1) is 5.92 Å². The number of hydrogen-bond acceptors (Lipinski definition) is 5. The lowest BCUT2D eigenvalue weighted by Gasteiger charge is -2.07. The summed E-state index contributed by atoms with van der Waals surface area (Å²) in [6.07, 6.45) is 5.09. The third kappa shape index (κ3) is 2.51. The molecular weight excluding hydrogens is 214 g/mol. The van der Waals surface area contributed by atoms with Gasteiger partial charge in [0, 0.05) is 12.4 Å². The van der Waals surface area contributed by atoms with E-state index in [1.165, 1.54) is 18.6 Å². The van der Waals surface area contributed by atoms with Gasteiger partial charge in [0.25, 0.3) is 0 Å². The number of nitrogens with one attached hydrogen (secondary N) is 1. The highest BCUT2D eigenvalue weighted by molar-refractivity contribution is 7.91. The van der Waals surface area contributed by atoms with E-state index < -0.39 is 9.84 Å². The van der Waals surface area contributed by atoms with Crippen molar-refractivity contribution in [3.8, 4) is 0 Å². The van der Waals surface area contributed by atoms with Crippen LogP contribution in [0.2, 0.25) is 0 Å². The van der Waals surface area contributed by atoms with Crippen LogP contribution in [-0.2, 0) is 9.84 Å². The predicted molar refractivity (Wildman–Crippen MR) is 55.1 cm³/mol. The van der Waals surface area contributed by atoms with Gasteiger partial charge in [0.2, 0.25) is 0 Å². The molecule has 0 amide bonds. The topological polar surface area (TPSA) is 72.0 Å². The van der Waals surface area contributed by atoms with Crippen molar-refractivity contribution < 1.29 is 8.42 Å². The fourth-order valence-electron chi connectivity index (χ4n) is 1.70. The second kappa shape index (κ2) is 4.24. The van der Waals surface area contributed by atoms with Crippen molar-refractivity contribution in [1.29, 1.82) is 0 Å². The molecule has 1 saturated heterocycles. The standard InChI is InChI=1S/C9H13N3O2S/c13-15(14,7-8-1-2-10-5-8)9-6-11-3-4-12-9/h3-4,6,8,10H,1-2,5,7H2/t8-/m0/s1. The van der Waals surface area contributed by atoms with Gasteiger partial charge in [-0.05, 0) is 25.4 Å². The van der Waals surface area contributed by atoms with E-state index in [-0.39, 0.29) is 16.7 Å². The van der Waals surface area contributed by atoms with Gasteiger partial charge < -0.3 is 5.32 Å². The van der Waals surface area contributed by atoms with Gasteiger partial charge in [0.05, 0.1) is 11.9 Å². The van der Waals surface area contributed by atoms with Crippen LogP contribution < -0.4 is 5.32 Å². The second-order valence-electron chi connectivity index (χ2n) is 3.68. The molecule has 0 spiro atoms. The molecule has 1 atom stereocenters. The quantitative estimate of drug-likeness (QED) is 0.778. The van der Waals surface area contributed by atoms with E-state index in [9.17, 15) is 8.42 Å². The summed E-state index contributed by atoms with van der Waals surface area (Å²) in [5.74, 6) is 0.371. The summed E-state index contributed by atoms with van der Waals surface area (Å²) in [5, 5.41) is 3.23. The number of sulfone groups is 1. The van der Waals surface area contributed by atoms with Gasteiger partial charge in [-0.25, -0.2) is 13.4 Å². The second-order valence-corrected chi connectivity index (χ2v) is 5.66. The highest BCUT2D eigenvalue weighted by Crippen LogP contribution is 2.15. The predicted octanol–water partition coefficient (Wildman–Crippen LogP) is -0.140. The van der Waals surface area contributed by atoms with Crippen LogP contribution in [0.1, 0.15) is 6.42 Å². The molecule has 0 saturated carbocycles. The minimum atomic E-state index is -3.26. The average Bonchev–Trinajstić information content (AvgIpc) is 2.71. The fourth-order valence-corrected chi connectivity index (χ4v) is 3.22. The maximum Gasteiger partial charge on any atom is 0.197 e. The third-order valence-electron chi connectivity index (χ3n) is 2.48. The minimum Gasteiger partial charge on any atom is -0.316 e. The van der Waals surface area contributed by atoms with Crippen LogP contribution >= 0.6 is 0 Å². The zero-order chi connectivity index (χ0) is 10.7. The van der Waals surface area contributed by atoms with E-state index in [0.29, 0.717) is 0 Å². The first-order valence-corrected chi connectivity index (χ1v) is 6.53. The summed E-state index contributed by atoms with van der Waals surface area (Å²) < 4.78 is 23.7. The molecule has 0 aromatic carbocycles. The lowest BCUT2D eigenvalue weighted by Crippen LogP contribution is -2.19. The fraction of sp³-hybridized carbons (Fsp3) is 0.556. The van der Waals surface area contributed by atoms with Crippen molar-refractivity contribution in [2.45, 2.75) is 11.4 Å². The molecule has 2 heterocycles. The summed E-state index contributed by atoms with van der Waals surface area (Å²) >= 11 is 0. The van der Waals surface area contributed by atoms with Crippen molar-refractivity contribution in [2.75, 3.05) is 18.8 Å². The van der Waals surface area contributed by atoms with Crippen LogP contribution in [0.5, 0.6) is 0 Å². The van der Waals surface area contributed by atoms with Crippen molar-refractivity contribution in [3.63, 3.8) is 0 Å². The maximum absolute atomic E-state index is 11.9. The Kier molecular flexibility index (Phi) is 2.97. The van der Waals surface area contributed by atoms with Crippen LogP contribution in [0.25, 0.3) is 0 Å². The molecule has 0 radical (unpaired) electrons. The van der Waals surface area contributed by atoms with Crippen molar-refractivity contribution in [1.82, 2.24) is 15.3 Å². The Balaban J connectivity index is 2.13. The molecule has 2 rings (SSSR count). The molecule has 1 fully saturated rings. The van der Waals surface area contributed by atoms with Crippen LogP contribution in [0.15, 0.2) is 23.6 Å². The lowest BCUT2D eigenvalue weighted by atomic mass is 10.2. The molecule has 82 valence electrons. The molecule has 1 N–H and O–H groups in total. The van der Waals surface area contributed by atoms with E-state index in [1.807, 2.05) is 0 Å². The van der Waals surface area contributed by atoms with Crippen LogP contribution in [-0.4, -0.2) is 37.2 Å². The number of rotatable bonds is 3. The van der Waals surface area contributed by atoms with Crippen LogP contribution in [0.4, 0.5) is 0 Å². The molecule has 5 nitrogen and oxygen atoms in total. The van der Waals surface area contributed by atoms with E-state index in [0.717, 1.165) is 19.5 Å². The van der Waals surface area contributed by atoms with Gasteiger partial charge in [0.1, 0.15) is 0 Å². The van der Waals surface area contributed by atoms with Gasteiger partial charge in [0.15, 0.2) is 14.9 Å². The van der Waals surface area contributed by atoms with Gasteiger partial charge >= 0.3 is 0 Å². The minimum absolute atomic E-state index is 0.0805. The number of hydrogen-bond donors (Lipinski definition) is 1. The molecule has 1 aromatic heterocycles. The molecule has 0 unspecified atom stereocenters. The summed E-state index contributed by atoms with van der Waals surface area (Å²) in [7, 11) is -3.26. The summed E-state index contributed by atoms with van der Waals surface area (Å²) in [4.78, 5) is 7.59. The van der Waals surface area contributed by atoms with E-state index in [2.05, 4.69) is 15.3 Å². The summed E-state index contributed by atoms with van der Waals surface area (Å²) in [5.41, 5.74) is 0. The van der Waals surface area contributed by atoms with Gasteiger partial charge in [-0.3, -0.25) is 4.98 Å². The number of aromatic nitrogens is 2. The van der Waals surface area contributed by atoms with Crippen molar-refractivity contribution >= 4 is 9.84 Å². The molecule has 1 aliphatic rings. The highest BCUT2D eigenvalue weighted by atomic mass is 32.2. The van der Waals surface area contributed by atoms with Crippen molar-refractivity contribution in [2.24, 2.45) is 5.92 Å². The zero-order valence-corrected chi connectivity index (χ0v) is 9.07. The normalized spacial score (nSPS) is 21.7. The molecule has 0 bridgehead atoms. The molecule has 0 aliphatic carbocycles. The molecule has 6 heteroatoms. The van der Waals surface area contributed by atoms with Gasteiger partial charge in [-0.1, -0.05) is 0 Å². The SMILES string of the molecule is O=S(=O)(C[C@H]1CCNC1)c1cnccn1. The Hall–Kier alpha value is -1.01. The van der Waals surface area contributed by atoms with Crippen molar-refractivity contribution in [3.05, 3.63) is 18.6 Å². The first-order valence-electron chi connectivity index (χ1n) is 4.88.